The van der Waals surface area contributed by atoms with Crippen LogP contribution < -0.4 is 5.32 Å². The number of aryl methyl sites for hydroxylation is 1. The van der Waals surface area contributed by atoms with Crippen LogP contribution in [0.3, 0.4) is 0 Å². The maximum absolute atomic E-state index is 13.0. The van der Waals surface area contributed by atoms with Gasteiger partial charge in [-0.25, -0.2) is 0 Å². The zero-order valence-electron chi connectivity index (χ0n) is 19.1. The first kappa shape index (κ1) is 22.8. The summed E-state index contributed by atoms with van der Waals surface area (Å²) in [6, 6.07) is 17.4. The highest BCUT2D eigenvalue weighted by atomic mass is 16.2. The fraction of sp³-hybridized carbons (Fsp3) is 0.370. The van der Waals surface area contributed by atoms with Crippen LogP contribution in [-0.4, -0.2) is 46.2 Å². The van der Waals surface area contributed by atoms with Crippen LogP contribution in [0.1, 0.15) is 48.5 Å². The lowest BCUT2D eigenvalue weighted by Gasteiger charge is -2.27. The molecular formula is C27H31N3O3. The number of hydrogen-bond acceptors (Lipinski definition) is 3. The summed E-state index contributed by atoms with van der Waals surface area (Å²) in [6.45, 7) is 3.65. The predicted octanol–water partition coefficient (Wildman–Crippen LogP) is 3.97. The monoisotopic (exact) mass is 445 g/mol. The van der Waals surface area contributed by atoms with Crippen LogP contribution in [0, 0.1) is 0 Å². The molecule has 33 heavy (non-hydrogen) atoms. The molecule has 1 N–H and O–H groups in total. The molecule has 1 aliphatic heterocycles. The Labute approximate surface area is 194 Å². The van der Waals surface area contributed by atoms with E-state index in [1.165, 1.54) is 5.56 Å². The number of ketones is 1. The van der Waals surface area contributed by atoms with Crippen molar-refractivity contribution in [2.75, 3.05) is 13.1 Å². The van der Waals surface area contributed by atoms with E-state index in [0.717, 1.165) is 50.7 Å². The van der Waals surface area contributed by atoms with Crippen LogP contribution >= 0.6 is 0 Å². The molecule has 1 fully saturated rings. The van der Waals surface area contributed by atoms with Crippen LogP contribution in [0.4, 0.5) is 0 Å². The molecule has 1 atom stereocenters. The highest BCUT2D eigenvalue weighted by molar-refractivity contribution is 6.45. The van der Waals surface area contributed by atoms with Gasteiger partial charge in [-0.2, -0.15) is 0 Å². The number of benzene rings is 2. The lowest BCUT2D eigenvalue weighted by atomic mass is 10.1. The minimum atomic E-state index is -0.610. The molecule has 0 spiro atoms. The van der Waals surface area contributed by atoms with Gasteiger partial charge < -0.3 is 14.8 Å². The molecule has 0 aliphatic carbocycles. The number of amides is 2. The van der Waals surface area contributed by atoms with Gasteiger partial charge in [0.15, 0.2) is 0 Å². The Hall–Kier alpha value is -3.41. The molecule has 6 nitrogen and oxygen atoms in total. The van der Waals surface area contributed by atoms with Gasteiger partial charge in [-0.05, 0) is 50.7 Å². The maximum atomic E-state index is 13.0. The second-order valence-corrected chi connectivity index (χ2v) is 8.86. The molecule has 3 aromatic rings. The summed E-state index contributed by atoms with van der Waals surface area (Å²) in [7, 11) is 0. The summed E-state index contributed by atoms with van der Waals surface area (Å²) in [6.07, 6.45) is 6.45. The molecule has 6 heteroatoms. The van der Waals surface area contributed by atoms with Crippen molar-refractivity contribution >= 4 is 28.5 Å². The number of nitrogens with one attached hydrogen (secondary N) is 1. The molecule has 2 amide bonds. The number of likely N-dealkylation sites (tertiary alicyclic amines) is 1. The van der Waals surface area contributed by atoms with Gasteiger partial charge in [-0.15, -0.1) is 0 Å². The lowest BCUT2D eigenvalue weighted by Crippen LogP contribution is -2.38. The van der Waals surface area contributed by atoms with Gasteiger partial charge in [0, 0.05) is 36.2 Å². The molecule has 0 saturated carbocycles. The summed E-state index contributed by atoms with van der Waals surface area (Å²) in [5.74, 6) is -1.13. The number of fused-ring (bicyclic) bond motifs is 1. The zero-order chi connectivity index (χ0) is 23.2. The first-order valence-electron chi connectivity index (χ1n) is 11.8. The van der Waals surface area contributed by atoms with Crippen molar-refractivity contribution in [3.8, 4) is 0 Å². The first-order valence-corrected chi connectivity index (χ1v) is 11.8. The normalized spacial score (nSPS) is 14.8. The molecule has 1 aromatic heterocycles. The number of rotatable bonds is 8. The van der Waals surface area contributed by atoms with Crippen LogP contribution in [0.15, 0.2) is 60.8 Å². The van der Waals surface area contributed by atoms with Gasteiger partial charge in [0.25, 0.3) is 11.7 Å². The summed E-state index contributed by atoms with van der Waals surface area (Å²) >= 11 is 0. The molecule has 0 unspecified atom stereocenters. The minimum absolute atomic E-state index is 0.0495. The summed E-state index contributed by atoms with van der Waals surface area (Å²) < 4.78 is 1.80. The number of hydrogen-bond donors (Lipinski definition) is 1. The Morgan fingerprint density at radius 2 is 1.64 bits per heavy atom. The molecule has 4 rings (SSSR count). The number of aromatic nitrogens is 1. The first-order chi connectivity index (χ1) is 16.0. The van der Waals surface area contributed by atoms with Gasteiger partial charge >= 0.3 is 0 Å². The lowest BCUT2D eigenvalue weighted by molar-refractivity contribution is -0.132. The predicted molar refractivity (Wildman–Crippen MR) is 129 cm³/mol. The fourth-order valence-corrected chi connectivity index (χ4v) is 4.46. The number of para-hydroxylation sites is 1. The van der Waals surface area contributed by atoms with Crippen molar-refractivity contribution in [1.29, 1.82) is 0 Å². The molecule has 2 aromatic carbocycles. The SMILES string of the molecule is C[C@H](CCc1ccccc1)NC(=O)C(=O)c1cn(CC(=O)N2CCCCC2)c2ccccc12. The van der Waals surface area contributed by atoms with E-state index in [4.69, 9.17) is 0 Å². The number of carbonyl (C=O) groups excluding carboxylic acids is 3. The van der Waals surface area contributed by atoms with E-state index >= 15 is 0 Å². The van der Waals surface area contributed by atoms with Crippen molar-refractivity contribution in [2.45, 2.75) is 51.6 Å². The van der Waals surface area contributed by atoms with Gasteiger partial charge in [0.05, 0.1) is 5.56 Å². The number of Topliss-reactive ketones (excluding diaryl/α,β-unsaturated/α-hetero) is 1. The highest BCUT2D eigenvalue weighted by Crippen LogP contribution is 2.23. The molecule has 0 radical (unpaired) electrons. The number of nitrogens with zero attached hydrogens (tertiary/aromatic N) is 2. The van der Waals surface area contributed by atoms with Crippen molar-refractivity contribution in [3.63, 3.8) is 0 Å². The molecular weight excluding hydrogens is 414 g/mol. The van der Waals surface area contributed by atoms with Crippen LogP contribution in [0.5, 0.6) is 0 Å². The molecule has 2 heterocycles. The van der Waals surface area contributed by atoms with Crippen LogP contribution in [0.25, 0.3) is 10.9 Å². The summed E-state index contributed by atoms with van der Waals surface area (Å²) in [5.41, 5.74) is 2.33. The van der Waals surface area contributed by atoms with E-state index in [-0.39, 0.29) is 18.5 Å². The van der Waals surface area contributed by atoms with Crippen LogP contribution in [0.2, 0.25) is 0 Å². The summed E-state index contributed by atoms with van der Waals surface area (Å²) in [4.78, 5) is 40.5. The van der Waals surface area contributed by atoms with Crippen LogP contribution in [-0.2, 0) is 22.6 Å². The Kier molecular flexibility index (Phi) is 7.23. The van der Waals surface area contributed by atoms with Crippen molar-refractivity contribution in [1.82, 2.24) is 14.8 Å². The van der Waals surface area contributed by atoms with Crippen molar-refractivity contribution in [3.05, 3.63) is 71.9 Å². The third kappa shape index (κ3) is 5.51. The minimum Gasteiger partial charge on any atom is -0.347 e. The molecule has 172 valence electrons. The molecule has 1 aliphatic rings. The Morgan fingerprint density at radius 1 is 0.939 bits per heavy atom. The molecule has 0 bridgehead atoms. The van der Waals surface area contributed by atoms with E-state index in [2.05, 4.69) is 17.4 Å². The van der Waals surface area contributed by atoms with E-state index in [1.807, 2.05) is 54.3 Å². The van der Waals surface area contributed by atoms with E-state index in [1.54, 1.807) is 10.8 Å². The zero-order valence-corrected chi connectivity index (χ0v) is 19.1. The van der Waals surface area contributed by atoms with Gasteiger partial charge in [0.1, 0.15) is 6.54 Å². The number of piperidine rings is 1. The smallest absolute Gasteiger partial charge is 0.292 e. The quantitative estimate of drug-likeness (QED) is 0.421. The van der Waals surface area contributed by atoms with Gasteiger partial charge in [-0.3, -0.25) is 14.4 Å². The topological polar surface area (TPSA) is 71.4 Å². The van der Waals surface area contributed by atoms with E-state index in [0.29, 0.717) is 10.9 Å². The average molecular weight is 446 g/mol. The highest BCUT2D eigenvalue weighted by Gasteiger charge is 2.24. The standard InChI is InChI=1S/C27H31N3O3/c1-20(14-15-21-10-4-2-5-11-21)28-27(33)26(32)23-18-30(24-13-7-6-12-22(23)24)19-25(31)29-16-8-3-9-17-29/h2,4-7,10-13,18,20H,3,8-9,14-17,19H2,1H3,(H,28,33)/t20-/m1/s1. The van der Waals surface area contributed by atoms with Gasteiger partial charge in [-0.1, -0.05) is 48.5 Å². The Balaban J connectivity index is 1.45. The largest absolute Gasteiger partial charge is 0.347 e. The third-order valence-electron chi connectivity index (χ3n) is 6.34. The van der Waals surface area contributed by atoms with E-state index in [9.17, 15) is 14.4 Å². The Bertz CT molecular complexity index is 1130. The Morgan fingerprint density at radius 3 is 2.39 bits per heavy atom. The third-order valence-corrected chi connectivity index (χ3v) is 6.34. The fourth-order valence-electron chi connectivity index (χ4n) is 4.46. The van der Waals surface area contributed by atoms with Crippen molar-refractivity contribution < 1.29 is 14.4 Å². The second-order valence-electron chi connectivity index (χ2n) is 8.86. The van der Waals surface area contributed by atoms with E-state index < -0.39 is 11.7 Å². The molecule has 1 saturated heterocycles. The second kappa shape index (κ2) is 10.5. The average Bonchev–Trinajstić information content (AvgIpc) is 3.21. The maximum Gasteiger partial charge on any atom is 0.292 e. The van der Waals surface area contributed by atoms with Gasteiger partial charge in [0.2, 0.25) is 5.91 Å². The number of carbonyl (C=O) groups is 3. The summed E-state index contributed by atoms with van der Waals surface area (Å²) in [5, 5.41) is 3.54. The van der Waals surface area contributed by atoms with Crippen molar-refractivity contribution in [2.24, 2.45) is 0 Å².